The van der Waals surface area contributed by atoms with Crippen molar-refractivity contribution in [1.29, 1.82) is 0 Å². The van der Waals surface area contributed by atoms with Crippen LogP contribution in [-0.2, 0) is 6.18 Å². The van der Waals surface area contributed by atoms with Gasteiger partial charge >= 0.3 is 6.18 Å². The molecule has 4 nitrogen and oxygen atoms in total. The van der Waals surface area contributed by atoms with E-state index < -0.39 is 11.7 Å². The predicted octanol–water partition coefficient (Wildman–Crippen LogP) is 3.74. The number of fused-ring (bicyclic) bond motifs is 2. The van der Waals surface area contributed by atoms with E-state index in [0.29, 0.717) is 0 Å². The van der Waals surface area contributed by atoms with Crippen LogP contribution in [0.3, 0.4) is 0 Å². The lowest BCUT2D eigenvalue weighted by molar-refractivity contribution is -0.134. The lowest BCUT2D eigenvalue weighted by atomic mass is 10.2. The molecule has 0 aliphatic rings. The predicted molar refractivity (Wildman–Crippen MR) is 71.6 cm³/mol. The molecular weight excluding hydrogens is 321 g/mol. The number of hydrogen-bond acceptors (Lipinski definition) is 6. The fraction of sp³-hybridized carbons (Fsp3) is 0.111. The number of rotatable bonds is 0. The monoisotopic (exact) mass is 324 g/mol. The van der Waals surface area contributed by atoms with Crippen molar-refractivity contribution in [3.63, 3.8) is 0 Å². The first kappa shape index (κ1) is 12.7. The zero-order valence-corrected chi connectivity index (χ0v) is 11.3. The number of aromatic nitrogens is 2. The molecule has 100 valence electrons. The molecule has 0 bridgehead atoms. The first-order chi connectivity index (χ1) is 8.79. The highest BCUT2D eigenvalue weighted by molar-refractivity contribution is 7.24. The Bertz CT molecular complexity index is 750. The second-order valence-electron chi connectivity index (χ2n) is 3.65. The molecule has 0 atom stereocenters. The Hall–Kier alpha value is -1.32. The van der Waals surface area contributed by atoms with Crippen LogP contribution in [0.4, 0.5) is 23.4 Å². The molecule has 2 heterocycles. The van der Waals surface area contributed by atoms with E-state index >= 15 is 0 Å². The molecule has 1 aromatic carbocycles. The molecule has 0 fully saturated rings. The van der Waals surface area contributed by atoms with Gasteiger partial charge in [0.15, 0.2) is 10.3 Å². The van der Waals surface area contributed by atoms with E-state index in [1.807, 2.05) is 0 Å². The molecule has 0 unspecified atom stereocenters. The summed E-state index contributed by atoms with van der Waals surface area (Å²) in [6, 6.07) is 0. The van der Waals surface area contributed by atoms with Gasteiger partial charge in [-0.1, -0.05) is 34.3 Å². The van der Waals surface area contributed by atoms with E-state index in [1.54, 1.807) is 0 Å². The third kappa shape index (κ3) is 1.80. The standard InChI is InChI=1S/C9H4ClF3N4S2/c10-2-3-5(18-7(14)16-3)1(9(11,12)13)6-4(2)17-8(15)19-6/h(H2,14,16)(H2,15,17). The maximum Gasteiger partial charge on any atom is 0.419 e. The molecule has 3 rings (SSSR count). The summed E-state index contributed by atoms with van der Waals surface area (Å²) in [5.74, 6) is 0. The van der Waals surface area contributed by atoms with Gasteiger partial charge in [0, 0.05) is 0 Å². The number of hydrogen-bond donors (Lipinski definition) is 2. The second-order valence-corrected chi connectivity index (χ2v) is 6.09. The van der Waals surface area contributed by atoms with Gasteiger partial charge in [0.2, 0.25) is 0 Å². The number of alkyl halides is 3. The largest absolute Gasteiger partial charge is 0.419 e. The lowest BCUT2D eigenvalue weighted by Crippen LogP contribution is -2.05. The lowest BCUT2D eigenvalue weighted by Gasteiger charge is -2.09. The van der Waals surface area contributed by atoms with Crippen LogP contribution in [0.5, 0.6) is 0 Å². The highest BCUT2D eigenvalue weighted by Gasteiger charge is 2.38. The highest BCUT2D eigenvalue weighted by Crippen LogP contribution is 2.48. The maximum atomic E-state index is 13.2. The molecule has 0 aliphatic heterocycles. The van der Waals surface area contributed by atoms with Crippen molar-refractivity contribution < 1.29 is 13.2 Å². The van der Waals surface area contributed by atoms with Gasteiger partial charge in [0.05, 0.1) is 20.0 Å². The number of anilines is 2. The third-order valence-corrected chi connectivity index (χ3v) is 4.60. The van der Waals surface area contributed by atoms with E-state index in [0.717, 1.165) is 22.7 Å². The first-order valence-corrected chi connectivity index (χ1v) is 6.81. The van der Waals surface area contributed by atoms with E-state index in [2.05, 4.69) is 9.97 Å². The van der Waals surface area contributed by atoms with E-state index in [9.17, 15) is 13.2 Å². The van der Waals surface area contributed by atoms with Crippen molar-refractivity contribution in [2.45, 2.75) is 6.18 Å². The van der Waals surface area contributed by atoms with E-state index in [-0.39, 0.29) is 35.7 Å². The Morgan fingerprint density at radius 3 is 1.74 bits per heavy atom. The van der Waals surface area contributed by atoms with Gasteiger partial charge in [-0.3, -0.25) is 0 Å². The molecular formula is C9H4ClF3N4S2. The molecule has 10 heteroatoms. The van der Waals surface area contributed by atoms with Crippen molar-refractivity contribution >= 4 is 65.0 Å². The molecule has 0 saturated heterocycles. The fourth-order valence-corrected chi connectivity index (χ4v) is 4.05. The van der Waals surface area contributed by atoms with Crippen molar-refractivity contribution in [3.05, 3.63) is 10.6 Å². The van der Waals surface area contributed by atoms with Crippen LogP contribution in [0.2, 0.25) is 5.02 Å². The van der Waals surface area contributed by atoms with E-state index in [1.165, 1.54) is 0 Å². The minimum Gasteiger partial charge on any atom is -0.375 e. The molecule has 2 aromatic heterocycles. The third-order valence-electron chi connectivity index (χ3n) is 2.44. The van der Waals surface area contributed by atoms with Crippen molar-refractivity contribution in [1.82, 2.24) is 9.97 Å². The summed E-state index contributed by atoms with van der Waals surface area (Å²) < 4.78 is 39.5. The van der Waals surface area contributed by atoms with Crippen LogP contribution >= 0.6 is 34.3 Å². The summed E-state index contributed by atoms with van der Waals surface area (Å²) in [6.07, 6.45) is -4.56. The Balaban J connectivity index is 2.62. The number of nitrogen functional groups attached to an aromatic ring is 2. The van der Waals surface area contributed by atoms with Gasteiger partial charge in [0.25, 0.3) is 0 Å². The topological polar surface area (TPSA) is 77.8 Å². The van der Waals surface area contributed by atoms with Gasteiger partial charge < -0.3 is 11.5 Å². The van der Waals surface area contributed by atoms with Crippen LogP contribution in [0.25, 0.3) is 20.4 Å². The van der Waals surface area contributed by atoms with Crippen molar-refractivity contribution in [3.8, 4) is 0 Å². The van der Waals surface area contributed by atoms with Crippen LogP contribution in [-0.4, -0.2) is 9.97 Å². The van der Waals surface area contributed by atoms with Crippen LogP contribution in [0.15, 0.2) is 0 Å². The molecule has 4 N–H and O–H groups in total. The number of halogens is 4. The molecule has 0 radical (unpaired) electrons. The smallest absolute Gasteiger partial charge is 0.375 e. The molecule has 3 aromatic rings. The van der Waals surface area contributed by atoms with Crippen LogP contribution in [0.1, 0.15) is 5.56 Å². The average molecular weight is 325 g/mol. The summed E-state index contributed by atoms with van der Waals surface area (Å²) in [4.78, 5) is 7.67. The molecule has 0 amide bonds. The van der Waals surface area contributed by atoms with Gasteiger partial charge in [-0.05, 0) is 0 Å². The second kappa shape index (κ2) is 3.84. The zero-order valence-electron chi connectivity index (χ0n) is 8.88. The summed E-state index contributed by atoms with van der Waals surface area (Å²) in [7, 11) is 0. The van der Waals surface area contributed by atoms with Gasteiger partial charge in [-0.2, -0.15) is 13.2 Å². The van der Waals surface area contributed by atoms with Gasteiger partial charge in [0.1, 0.15) is 11.0 Å². The van der Waals surface area contributed by atoms with Crippen LogP contribution in [0, 0.1) is 0 Å². The molecule has 0 aliphatic carbocycles. The van der Waals surface area contributed by atoms with Gasteiger partial charge in [-0.15, -0.1) is 0 Å². The highest BCUT2D eigenvalue weighted by atomic mass is 35.5. The van der Waals surface area contributed by atoms with Crippen LogP contribution < -0.4 is 11.5 Å². The quantitative estimate of drug-likeness (QED) is 0.660. The van der Waals surface area contributed by atoms with Crippen molar-refractivity contribution in [2.75, 3.05) is 11.5 Å². The Morgan fingerprint density at radius 1 is 0.947 bits per heavy atom. The number of nitrogens with zero attached hydrogens (tertiary/aromatic N) is 2. The first-order valence-electron chi connectivity index (χ1n) is 4.79. The number of thiazole rings is 2. The average Bonchev–Trinajstić information content (AvgIpc) is 2.80. The zero-order chi connectivity index (χ0) is 13.9. The van der Waals surface area contributed by atoms with Crippen molar-refractivity contribution in [2.24, 2.45) is 0 Å². The number of nitrogens with two attached hydrogens (primary N) is 2. The SMILES string of the molecule is Nc1nc2c(Cl)c3nc(N)sc3c(C(F)(F)F)c2s1. The molecule has 0 spiro atoms. The summed E-state index contributed by atoms with van der Waals surface area (Å²) in [6.45, 7) is 0. The van der Waals surface area contributed by atoms with Gasteiger partial charge in [-0.25, -0.2) is 9.97 Å². The maximum absolute atomic E-state index is 13.2. The summed E-state index contributed by atoms with van der Waals surface area (Å²) in [5.41, 5.74) is 10.1. The normalized spacial score (nSPS) is 12.6. The Kier molecular flexibility index (Phi) is 2.57. The fourth-order valence-electron chi connectivity index (χ4n) is 1.78. The summed E-state index contributed by atoms with van der Waals surface area (Å²) >= 11 is 7.52. The Morgan fingerprint density at radius 2 is 1.37 bits per heavy atom. The minimum absolute atomic E-state index is 0.00860. The number of benzene rings is 1. The molecule has 0 saturated carbocycles. The minimum atomic E-state index is -4.56. The molecule has 19 heavy (non-hydrogen) atoms. The summed E-state index contributed by atoms with van der Waals surface area (Å²) in [5, 5.41) is 0.0833. The van der Waals surface area contributed by atoms with E-state index in [4.69, 9.17) is 23.1 Å². The Labute approximate surface area is 116 Å².